The second kappa shape index (κ2) is 5.13. The molecular formula is C14H18N2O. The molecule has 2 aromatic rings. The van der Waals surface area contributed by atoms with Gasteiger partial charge in [0.1, 0.15) is 0 Å². The minimum atomic E-state index is 0.325. The molecule has 90 valence electrons. The third-order valence-electron chi connectivity index (χ3n) is 3.08. The molecule has 0 amide bonds. The highest BCUT2D eigenvalue weighted by Gasteiger charge is 2.13. The molecule has 0 aliphatic heterocycles. The van der Waals surface area contributed by atoms with E-state index in [1.165, 1.54) is 5.56 Å². The molecule has 0 aliphatic carbocycles. The first kappa shape index (κ1) is 11.8. The first-order chi connectivity index (χ1) is 8.24. The monoisotopic (exact) mass is 230 g/mol. The highest BCUT2D eigenvalue weighted by Crippen LogP contribution is 2.23. The predicted molar refractivity (Wildman–Crippen MR) is 67.8 cm³/mol. The average molecular weight is 230 g/mol. The number of aromatic nitrogens is 2. The molecule has 2 rings (SSSR count). The summed E-state index contributed by atoms with van der Waals surface area (Å²) in [5.74, 6) is 1.66. The van der Waals surface area contributed by atoms with E-state index in [0.29, 0.717) is 11.8 Å². The van der Waals surface area contributed by atoms with Gasteiger partial charge in [-0.3, -0.25) is 0 Å². The Labute approximate surface area is 102 Å². The van der Waals surface area contributed by atoms with Crippen LogP contribution in [0.2, 0.25) is 0 Å². The van der Waals surface area contributed by atoms with Crippen LogP contribution in [0.4, 0.5) is 0 Å². The molecule has 3 nitrogen and oxygen atoms in total. The van der Waals surface area contributed by atoms with E-state index in [4.69, 9.17) is 4.42 Å². The van der Waals surface area contributed by atoms with E-state index in [1.54, 1.807) is 0 Å². The summed E-state index contributed by atoms with van der Waals surface area (Å²) in [5.41, 5.74) is 2.31. The van der Waals surface area contributed by atoms with Crippen molar-refractivity contribution in [3.05, 3.63) is 35.7 Å². The van der Waals surface area contributed by atoms with Gasteiger partial charge in [0.05, 0.1) is 0 Å². The van der Waals surface area contributed by atoms with Gasteiger partial charge in [-0.2, -0.15) is 0 Å². The summed E-state index contributed by atoms with van der Waals surface area (Å²) in [4.78, 5) is 0. The molecule has 0 saturated carbocycles. The van der Waals surface area contributed by atoms with Crippen LogP contribution >= 0.6 is 0 Å². The molecule has 1 aromatic heterocycles. The highest BCUT2D eigenvalue weighted by molar-refractivity contribution is 5.52. The second-order valence-corrected chi connectivity index (χ2v) is 4.31. The van der Waals surface area contributed by atoms with E-state index in [9.17, 15) is 0 Å². The maximum absolute atomic E-state index is 5.67. The number of hydrogen-bond donors (Lipinski definition) is 0. The van der Waals surface area contributed by atoms with Crippen molar-refractivity contribution in [2.45, 2.75) is 39.5 Å². The third kappa shape index (κ3) is 2.54. The maximum atomic E-state index is 5.67. The molecule has 0 saturated heterocycles. The summed E-state index contributed by atoms with van der Waals surface area (Å²) < 4.78 is 5.67. The fourth-order valence-electron chi connectivity index (χ4n) is 1.61. The SMILES string of the molecule is CCc1ccc(-c2nnc(C(C)CC)o2)cc1. The first-order valence-electron chi connectivity index (χ1n) is 6.17. The Morgan fingerprint density at radius 1 is 1.12 bits per heavy atom. The lowest BCUT2D eigenvalue weighted by Crippen LogP contribution is -1.90. The normalized spacial score (nSPS) is 12.6. The lowest BCUT2D eigenvalue weighted by atomic mass is 10.1. The van der Waals surface area contributed by atoms with Crippen molar-refractivity contribution in [2.75, 3.05) is 0 Å². The molecule has 1 atom stereocenters. The second-order valence-electron chi connectivity index (χ2n) is 4.31. The summed E-state index contributed by atoms with van der Waals surface area (Å²) in [6.07, 6.45) is 2.05. The lowest BCUT2D eigenvalue weighted by molar-refractivity contribution is 0.462. The number of rotatable bonds is 4. The van der Waals surface area contributed by atoms with E-state index in [0.717, 1.165) is 24.3 Å². The minimum absolute atomic E-state index is 0.325. The zero-order valence-corrected chi connectivity index (χ0v) is 10.6. The van der Waals surface area contributed by atoms with E-state index >= 15 is 0 Å². The van der Waals surface area contributed by atoms with Crippen molar-refractivity contribution in [1.29, 1.82) is 0 Å². The quantitative estimate of drug-likeness (QED) is 0.801. The minimum Gasteiger partial charge on any atom is -0.420 e. The van der Waals surface area contributed by atoms with Crippen LogP contribution in [0.5, 0.6) is 0 Å². The van der Waals surface area contributed by atoms with Gasteiger partial charge in [-0.05, 0) is 30.5 Å². The Bertz CT molecular complexity index is 473. The van der Waals surface area contributed by atoms with Crippen molar-refractivity contribution in [2.24, 2.45) is 0 Å². The van der Waals surface area contributed by atoms with Gasteiger partial charge >= 0.3 is 0 Å². The molecule has 0 N–H and O–H groups in total. The number of aryl methyl sites for hydroxylation is 1. The van der Waals surface area contributed by atoms with Gasteiger partial charge in [0.15, 0.2) is 0 Å². The summed E-state index contributed by atoms with van der Waals surface area (Å²) in [6.45, 7) is 6.35. The van der Waals surface area contributed by atoms with Crippen molar-refractivity contribution in [3.63, 3.8) is 0 Å². The Hall–Kier alpha value is -1.64. The van der Waals surface area contributed by atoms with Crippen molar-refractivity contribution in [1.82, 2.24) is 10.2 Å². The van der Waals surface area contributed by atoms with Crippen LogP contribution in [0, 0.1) is 0 Å². The lowest BCUT2D eigenvalue weighted by Gasteiger charge is -2.00. The fraction of sp³-hybridized carbons (Fsp3) is 0.429. The summed E-state index contributed by atoms with van der Waals surface area (Å²) in [6, 6.07) is 8.27. The zero-order valence-electron chi connectivity index (χ0n) is 10.6. The Morgan fingerprint density at radius 2 is 1.82 bits per heavy atom. The average Bonchev–Trinajstić information content (AvgIpc) is 2.87. The molecule has 3 heteroatoms. The van der Waals surface area contributed by atoms with Gasteiger partial charge in [0.2, 0.25) is 11.8 Å². The Morgan fingerprint density at radius 3 is 2.41 bits per heavy atom. The van der Waals surface area contributed by atoms with Crippen LogP contribution in [0.15, 0.2) is 28.7 Å². The van der Waals surface area contributed by atoms with E-state index in [2.05, 4.69) is 43.1 Å². The van der Waals surface area contributed by atoms with Crippen molar-refractivity contribution < 1.29 is 4.42 Å². The molecule has 1 unspecified atom stereocenters. The zero-order chi connectivity index (χ0) is 12.3. The molecule has 0 bridgehead atoms. The molecule has 0 aliphatic rings. The molecule has 0 spiro atoms. The molecule has 0 radical (unpaired) electrons. The number of nitrogens with zero attached hydrogens (tertiary/aromatic N) is 2. The van der Waals surface area contributed by atoms with Gasteiger partial charge in [-0.1, -0.05) is 32.9 Å². The van der Waals surface area contributed by atoms with Crippen LogP contribution in [-0.2, 0) is 6.42 Å². The topological polar surface area (TPSA) is 38.9 Å². The van der Waals surface area contributed by atoms with Gasteiger partial charge < -0.3 is 4.42 Å². The Balaban J connectivity index is 2.24. The molecule has 1 aromatic carbocycles. The first-order valence-corrected chi connectivity index (χ1v) is 6.17. The summed E-state index contributed by atoms with van der Waals surface area (Å²) >= 11 is 0. The molecule has 17 heavy (non-hydrogen) atoms. The third-order valence-corrected chi connectivity index (χ3v) is 3.08. The highest BCUT2D eigenvalue weighted by atomic mass is 16.4. The van der Waals surface area contributed by atoms with Gasteiger partial charge in [-0.25, -0.2) is 0 Å². The van der Waals surface area contributed by atoms with E-state index in [1.807, 2.05) is 12.1 Å². The maximum Gasteiger partial charge on any atom is 0.247 e. The molecule has 1 heterocycles. The molecular weight excluding hydrogens is 212 g/mol. The predicted octanol–water partition coefficient (Wildman–Crippen LogP) is 3.81. The van der Waals surface area contributed by atoms with Crippen molar-refractivity contribution >= 4 is 0 Å². The van der Waals surface area contributed by atoms with E-state index in [-0.39, 0.29) is 0 Å². The van der Waals surface area contributed by atoms with Crippen LogP contribution in [0.3, 0.4) is 0 Å². The van der Waals surface area contributed by atoms with Crippen LogP contribution in [0.1, 0.15) is 44.6 Å². The van der Waals surface area contributed by atoms with Gasteiger partial charge in [0, 0.05) is 11.5 Å². The van der Waals surface area contributed by atoms with Crippen LogP contribution < -0.4 is 0 Å². The van der Waals surface area contributed by atoms with Crippen LogP contribution in [-0.4, -0.2) is 10.2 Å². The van der Waals surface area contributed by atoms with Crippen LogP contribution in [0.25, 0.3) is 11.5 Å². The fourth-order valence-corrected chi connectivity index (χ4v) is 1.61. The smallest absolute Gasteiger partial charge is 0.247 e. The van der Waals surface area contributed by atoms with Gasteiger partial charge in [0.25, 0.3) is 0 Å². The largest absolute Gasteiger partial charge is 0.420 e. The van der Waals surface area contributed by atoms with Gasteiger partial charge in [-0.15, -0.1) is 10.2 Å². The summed E-state index contributed by atoms with van der Waals surface area (Å²) in [7, 11) is 0. The Kier molecular flexibility index (Phi) is 3.57. The molecule has 0 fully saturated rings. The van der Waals surface area contributed by atoms with E-state index < -0.39 is 0 Å². The standard InChI is InChI=1S/C14H18N2O/c1-4-10(3)13-15-16-14(17-13)12-8-6-11(5-2)7-9-12/h6-10H,4-5H2,1-3H3. The number of benzene rings is 1. The summed E-state index contributed by atoms with van der Waals surface area (Å²) in [5, 5.41) is 8.18. The number of hydrogen-bond acceptors (Lipinski definition) is 3. The van der Waals surface area contributed by atoms with Crippen molar-refractivity contribution in [3.8, 4) is 11.5 Å².